The second-order valence-corrected chi connectivity index (χ2v) is 4.29. The Hall–Kier alpha value is -0.890. The van der Waals surface area contributed by atoms with Gasteiger partial charge in [0.15, 0.2) is 0 Å². The van der Waals surface area contributed by atoms with Crippen LogP contribution in [0.3, 0.4) is 0 Å². The lowest BCUT2D eigenvalue weighted by Crippen LogP contribution is -2.22. The van der Waals surface area contributed by atoms with Crippen molar-refractivity contribution in [3.05, 3.63) is 30.1 Å². The number of aromatic nitrogens is 1. The fraction of sp³-hybridized carbons (Fsp3) is 0.643. The third kappa shape index (κ3) is 4.75. The molecule has 1 unspecified atom stereocenters. The van der Waals surface area contributed by atoms with Gasteiger partial charge in [0, 0.05) is 18.4 Å². The molecular formula is C14H24N2. The number of hydrogen-bond acceptors (Lipinski definition) is 2. The van der Waals surface area contributed by atoms with Crippen molar-refractivity contribution in [2.45, 2.75) is 52.0 Å². The van der Waals surface area contributed by atoms with Crippen molar-refractivity contribution >= 4 is 0 Å². The summed E-state index contributed by atoms with van der Waals surface area (Å²) in [6.45, 7) is 5.55. The van der Waals surface area contributed by atoms with Gasteiger partial charge in [-0.1, -0.05) is 39.2 Å². The third-order valence-corrected chi connectivity index (χ3v) is 2.82. The van der Waals surface area contributed by atoms with E-state index >= 15 is 0 Å². The van der Waals surface area contributed by atoms with E-state index in [0.717, 1.165) is 6.54 Å². The van der Waals surface area contributed by atoms with Gasteiger partial charge in [0.2, 0.25) is 0 Å². The molecule has 1 N–H and O–H groups in total. The molecule has 1 heterocycles. The molecule has 16 heavy (non-hydrogen) atoms. The van der Waals surface area contributed by atoms with Crippen LogP contribution in [0.1, 0.15) is 57.6 Å². The monoisotopic (exact) mass is 220 g/mol. The fourth-order valence-electron chi connectivity index (χ4n) is 1.89. The van der Waals surface area contributed by atoms with E-state index in [1.807, 2.05) is 18.5 Å². The Kier molecular flexibility index (Phi) is 6.82. The average molecular weight is 220 g/mol. The third-order valence-electron chi connectivity index (χ3n) is 2.82. The number of unbranched alkanes of at least 4 members (excludes halogenated alkanes) is 2. The minimum absolute atomic E-state index is 0.486. The van der Waals surface area contributed by atoms with E-state index in [2.05, 4.69) is 30.2 Å². The van der Waals surface area contributed by atoms with E-state index in [-0.39, 0.29) is 0 Å². The Morgan fingerprint density at radius 3 is 2.75 bits per heavy atom. The lowest BCUT2D eigenvalue weighted by Gasteiger charge is -2.18. The molecule has 1 aromatic heterocycles. The van der Waals surface area contributed by atoms with E-state index in [1.54, 1.807) is 0 Å². The Bertz CT molecular complexity index is 259. The van der Waals surface area contributed by atoms with Crippen molar-refractivity contribution in [3.8, 4) is 0 Å². The molecule has 1 atom stereocenters. The SMILES string of the molecule is CCCCCC(NCCC)c1cccnc1. The zero-order chi connectivity index (χ0) is 11.6. The van der Waals surface area contributed by atoms with Crippen LogP contribution in [0.15, 0.2) is 24.5 Å². The van der Waals surface area contributed by atoms with E-state index in [4.69, 9.17) is 0 Å². The van der Waals surface area contributed by atoms with Crippen molar-refractivity contribution < 1.29 is 0 Å². The van der Waals surface area contributed by atoms with Crippen LogP contribution in [-0.4, -0.2) is 11.5 Å². The highest BCUT2D eigenvalue weighted by molar-refractivity contribution is 5.13. The van der Waals surface area contributed by atoms with Crippen LogP contribution in [-0.2, 0) is 0 Å². The molecule has 2 heteroatoms. The summed E-state index contributed by atoms with van der Waals surface area (Å²) in [5.41, 5.74) is 1.33. The lowest BCUT2D eigenvalue weighted by molar-refractivity contribution is 0.473. The highest BCUT2D eigenvalue weighted by Crippen LogP contribution is 2.18. The van der Waals surface area contributed by atoms with Gasteiger partial charge in [-0.05, 0) is 31.0 Å². The number of rotatable bonds is 8. The maximum Gasteiger partial charge on any atom is 0.0335 e. The Morgan fingerprint density at radius 2 is 2.12 bits per heavy atom. The van der Waals surface area contributed by atoms with Crippen LogP contribution in [0.2, 0.25) is 0 Å². The largest absolute Gasteiger partial charge is 0.310 e. The van der Waals surface area contributed by atoms with Crippen molar-refractivity contribution in [2.75, 3.05) is 6.54 Å². The zero-order valence-corrected chi connectivity index (χ0v) is 10.6. The minimum Gasteiger partial charge on any atom is -0.310 e. The standard InChI is InChI=1S/C14H24N2/c1-3-5-6-9-14(16-10-4-2)13-8-7-11-15-12-13/h7-8,11-12,14,16H,3-6,9-10H2,1-2H3. The van der Waals surface area contributed by atoms with Gasteiger partial charge in [-0.15, -0.1) is 0 Å². The molecule has 2 nitrogen and oxygen atoms in total. The van der Waals surface area contributed by atoms with Gasteiger partial charge in [0.25, 0.3) is 0 Å². The molecule has 0 amide bonds. The predicted molar refractivity (Wildman–Crippen MR) is 69.4 cm³/mol. The van der Waals surface area contributed by atoms with Crippen LogP contribution < -0.4 is 5.32 Å². The topological polar surface area (TPSA) is 24.9 Å². The number of pyridine rings is 1. The first-order valence-electron chi connectivity index (χ1n) is 6.51. The van der Waals surface area contributed by atoms with Crippen LogP contribution in [0.4, 0.5) is 0 Å². The van der Waals surface area contributed by atoms with E-state index in [9.17, 15) is 0 Å². The summed E-state index contributed by atoms with van der Waals surface area (Å²) in [4.78, 5) is 4.20. The summed E-state index contributed by atoms with van der Waals surface area (Å²) in [6.07, 6.45) is 10.1. The molecule has 1 rings (SSSR count). The molecule has 0 bridgehead atoms. The predicted octanol–water partition coefficient (Wildman–Crippen LogP) is 3.70. The minimum atomic E-state index is 0.486. The van der Waals surface area contributed by atoms with Gasteiger partial charge in [-0.2, -0.15) is 0 Å². The number of nitrogens with zero attached hydrogens (tertiary/aromatic N) is 1. The van der Waals surface area contributed by atoms with Gasteiger partial charge in [0.1, 0.15) is 0 Å². The zero-order valence-electron chi connectivity index (χ0n) is 10.6. The van der Waals surface area contributed by atoms with Gasteiger partial charge >= 0.3 is 0 Å². The molecule has 0 saturated carbocycles. The number of hydrogen-bond donors (Lipinski definition) is 1. The van der Waals surface area contributed by atoms with Crippen molar-refractivity contribution in [1.82, 2.24) is 10.3 Å². The molecule has 0 aliphatic heterocycles. The van der Waals surface area contributed by atoms with Gasteiger partial charge in [-0.3, -0.25) is 4.98 Å². The van der Waals surface area contributed by atoms with Crippen molar-refractivity contribution in [1.29, 1.82) is 0 Å². The average Bonchev–Trinajstić information content (AvgIpc) is 2.35. The molecule has 0 saturated heterocycles. The molecule has 90 valence electrons. The van der Waals surface area contributed by atoms with Gasteiger partial charge in [-0.25, -0.2) is 0 Å². The Labute approximate surface area is 99.5 Å². The maximum absolute atomic E-state index is 4.20. The summed E-state index contributed by atoms with van der Waals surface area (Å²) < 4.78 is 0. The second kappa shape index (κ2) is 8.28. The second-order valence-electron chi connectivity index (χ2n) is 4.29. The highest BCUT2D eigenvalue weighted by atomic mass is 14.9. The first kappa shape index (κ1) is 13.2. The molecule has 0 radical (unpaired) electrons. The fourth-order valence-corrected chi connectivity index (χ4v) is 1.89. The smallest absolute Gasteiger partial charge is 0.0335 e. The van der Waals surface area contributed by atoms with Gasteiger partial charge in [0.05, 0.1) is 0 Å². The molecule has 1 aromatic rings. The summed E-state index contributed by atoms with van der Waals surface area (Å²) in [6, 6.07) is 4.68. The summed E-state index contributed by atoms with van der Waals surface area (Å²) in [5.74, 6) is 0. The van der Waals surface area contributed by atoms with E-state index in [1.165, 1.54) is 37.7 Å². The summed E-state index contributed by atoms with van der Waals surface area (Å²) >= 11 is 0. The molecular weight excluding hydrogens is 196 g/mol. The van der Waals surface area contributed by atoms with Crippen LogP contribution in [0.5, 0.6) is 0 Å². The molecule has 0 aliphatic rings. The van der Waals surface area contributed by atoms with E-state index < -0.39 is 0 Å². The molecule has 0 aromatic carbocycles. The first-order chi connectivity index (χ1) is 7.88. The van der Waals surface area contributed by atoms with Crippen LogP contribution in [0, 0.1) is 0 Å². The molecule has 0 aliphatic carbocycles. The maximum atomic E-state index is 4.20. The van der Waals surface area contributed by atoms with Crippen LogP contribution >= 0.6 is 0 Å². The first-order valence-corrected chi connectivity index (χ1v) is 6.51. The van der Waals surface area contributed by atoms with Crippen molar-refractivity contribution in [2.24, 2.45) is 0 Å². The Morgan fingerprint density at radius 1 is 1.25 bits per heavy atom. The number of nitrogens with one attached hydrogen (secondary N) is 1. The lowest BCUT2D eigenvalue weighted by atomic mass is 10.0. The molecule has 0 spiro atoms. The van der Waals surface area contributed by atoms with Crippen LogP contribution in [0.25, 0.3) is 0 Å². The summed E-state index contributed by atoms with van der Waals surface area (Å²) in [7, 11) is 0. The Balaban J connectivity index is 2.49. The highest BCUT2D eigenvalue weighted by Gasteiger charge is 2.09. The van der Waals surface area contributed by atoms with E-state index in [0.29, 0.717) is 6.04 Å². The summed E-state index contributed by atoms with van der Waals surface area (Å²) in [5, 5.41) is 3.60. The molecule has 0 fully saturated rings. The van der Waals surface area contributed by atoms with Gasteiger partial charge < -0.3 is 5.32 Å². The van der Waals surface area contributed by atoms with Crippen molar-refractivity contribution in [3.63, 3.8) is 0 Å². The normalized spacial score (nSPS) is 12.6. The quantitative estimate of drug-likeness (QED) is 0.676.